The molecular formula is C66H90O13. The van der Waals surface area contributed by atoms with Gasteiger partial charge in [0.25, 0.3) is 0 Å². The van der Waals surface area contributed by atoms with Gasteiger partial charge in [-0.15, -0.1) is 0 Å². The fourth-order valence-corrected chi connectivity index (χ4v) is 8.00. The number of aromatic hydroxyl groups is 1. The van der Waals surface area contributed by atoms with E-state index in [9.17, 15) is 30.6 Å². The van der Waals surface area contributed by atoms with Crippen LogP contribution in [0, 0.1) is 0 Å². The van der Waals surface area contributed by atoms with Crippen LogP contribution in [0.1, 0.15) is 123 Å². The van der Waals surface area contributed by atoms with Crippen LogP contribution in [0.15, 0.2) is 146 Å². The van der Waals surface area contributed by atoms with E-state index in [-0.39, 0.29) is 47.4 Å². The van der Waals surface area contributed by atoms with E-state index < -0.39 is 30.5 Å². The lowest BCUT2D eigenvalue weighted by atomic mass is 9.78. The minimum Gasteiger partial charge on any atom is -0.508 e. The van der Waals surface area contributed by atoms with E-state index >= 15 is 0 Å². The second kappa shape index (κ2) is 31.6. The summed E-state index contributed by atoms with van der Waals surface area (Å²) in [6, 6.07) is 47.4. The highest BCUT2D eigenvalue weighted by Gasteiger charge is 2.26. The third-order valence-electron chi connectivity index (χ3n) is 13.2. The minimum atomic E-state index is -0.481. The largest absolute Gasteiger partial charge is 0.508 e. The molecule has 6 rings (SSSR count). The molecule has 0 heterocycles. The summed E-state index contributed by atoms with van der Waals surface area (Å²) in [7, 11) is 0. The van der Waals surface area contributed by atoms with Crippen molar-refractivity contribution in [3.8, 4) is 34.5 Å². The SMILES string of the molecule is CC(O)COC(C)COc1ccc(C(C)(C)c2ccc(OCC(C)OCC(C)O)cc2)cc1.CC(O)COc1ccc(C(C)(C)c2ccc(O)cc2)cc1.CC(O)COc1ccc(C(C)(C)c2ccc(OCC(C)O)cc2)cc1. The predicted molar refractivity (Wildman–Crippen MR) is 313 cm³/mol. The quantitative estimate of drug-likeness (QED) is 0.0286. The topological polar surface area (TPSA) is 186 Å². The molecule has 0 bridgehead atoms. The molecule has 6 aromatic rings. The highest BCUT2D eigenvalue weighted by atomic mass is 16.5. The molecule has 6 N–H and O–H groups in total. The summed E-state index contributed by atoms with van der Waals surface area (Å²) in [6.45, 7) is 27.7. The molecule has 0 saturated heterocycles. The van der Waals surface area contributed by atoms with Gasteiger partial charge in [-0.05, 0) is 155 Å². The summed E-state index contributed by atoms with van der Waals surface area (Å²) in [4.78, 5) is 0. The highest BCUT2D eigenvalue weighted by Crippen LogP contribution is 2.36. The van der Waals surface area contributed by atoms with E-state index in [2.05, 4.69) is 90.1 Å². The van der Waals surface area contributed by atoms with Crippen LogP contribution in [0.5, 0.6) is 34.5 Å². The number of rotatable bonds is 27. The lowest BCUT2D eigenvalue weighted by Crippen LogP contribution is -2.23. The third kappa shape index (κ3) is 22.5. The van der Waals surface area contributed by atoms with Crippen molar-refractivity contribution in [2.24, 2.45) is 0 Å². The van der Waals surface area contributed by atoms with E-state index in [0.29, 0.717) is 33.0 Å². The summed E-state index contributed by atoms with van der Waals surface area (Å²) in [5.74, 6) is 4.11. The van der Waals surface area contributed by atoms with Crippen molar-refractivity contribution >= 4 is 0 Å². The molecule has 0 aliphatic heterocycles. The van der Waals surface area contributed by atoms with E-state index in [1.54, 1.807) is 46.8 Å². The number of phenols is 1. The summed E-state index contributed by atoms with van der Waals surface area (Å²) < 4.78 is 39.2. The van der Waals surface area contributed by atoms with E-state index in [1.165, 1.54) is 22.3 Å². The smallest absolute Gasteiger partial charge is 0.119 e. The van der Waals surface area contributed by atoms with Crippen molar-refractivity contribution in [2.45, 2.75) is 149 Å². The van der Waals surface area contributed by atoms with Gasteiger partial charge in [-0.25, -0.2) is 0 Å². The molecule has 432 valence electrons. The molecular weight excluding hydrogens is 1000 g/mol. The Morgan fingerprint density at radius 2 is 0.456 bits per heavy atom. The van der Waals surface area contributed by atoms with Crippen molar-refractivity contribution in [3.05, 3.63) is 179 Å². The average molecular weight is 1090 g/mol. The van der Waals surface area contributed by atoms with Gasteiger partial charge < -0.3 is 63.8 Å². The zero-order valence-electron chi connectivity index (χ0n) is 48.9. The van der Waals surface area contributed by atoms with Gasteiger partial charge in [0.05, 0.1) is 55.9 Å². The summed E-state index contributed by atoms with van der Waals surface area (Å²) >= 11 is 0. The van der Waals surface area contributed by atoms with Gasteiger partial charge in [0.15, 0.2) is 0 Å². The number of hydrogen-bond donors (Lipinski definition) is 6. The van der Waals surface area contributed by atoms with Gasteiger partial charge in [-0.2, -0.15) is 0 Å². The number of aliphatic hydroxyl groups is 5. The Balaban J connectivity index is 0.000000262. The molecule has 7 atom stereocenters. The van der Waals surface area contributed by atoms with E-state index in [1.807, 2.05) is 98.8 Å². The van der Waals surface area contributed by atoms with Crippen molar-refractivity contribution in [1.82, 2.24) is 0 Å². The van der Waals surface area contributed by atoms with Crippen LogP contribution in [0.4, 0.5) is 0 Å². The maximum absolute atomic E-state index is 9.40. The number of ether oxygens (including phenoxy) is 7. The second-order valence-electron chi connectivity index (χ2n) is 22.1. The summed E-state index contributed by atoms with van der Waals surface area (Å²) in [5, 5.41) is 55.8. The lowest BCUT2D eigenvalue weighted by molar-refractivity contribution is -0.0132. The first-order chi connectivity index (χ1) is 37.3. The zero-order valence-corrected chi connectivity index (χ0v) is 48.9. The molecule has 0 aromatic heterocycles. The maximum atomic E-state index is 9.40. The van der Waals surface area contributed by atoms with Gasteiger partial charge in [-0.1, -0.05) is 114 Å². The summed E-state index contributed by atoms with van der Waals surface area (Å²) in [6.07, 6.45) is -2.58. The van der Waals surface area contributed by atoms with Gasteiger partial charge in [-0.3, -0.25) is 0 Å². The molecule has 0 saturated carbocycles. The average Bonchev–Trinajstić information content (AvgIpc) is 3.45. The van der Waals surface area contributed by atoms with E-state index in [0.717, 1.165) is 39.9 Å². The molecule has 13 heteroatoms. The molecule has 79 heavy (non-hydrogen) atoms. The molecule has 0 fully saturated rings. The number of phenolic OH excluding ortho intramolecular Hbond substituents is 1. The Morgan fingerprint density at radius 3 is 0.646 bits per heavy atom. The lowest BCUT2D eigenvalue weighted by Gasteiger charge is -2.26. The van der Waals surface area contributed by atoms with Crippen LogP contribution in [-0.2, 0) is 25.7 Å². The Bertz CT molecular complexity index is 2460. The first-order valence-corrected chi connectivity index (χ1v) is 27.4. The molecule has 6 aromatic carbocycles. The molecule has 0 radical (unpaired) electrons. The number of hydrogen-bond acceptors (Lipinski definition) is 13. The molecule has 13 nitrogen and oxygen atoms in total. The number of benzene rings is 6. The fourth-order valence-electron chi connectivity index (χ4n) is 8.00. The Hall–Kier alpha value is -6.16. The minimum absolute atomic E-state index is 0.0933. The van der Waals surface area contributed by atoms with Crippen molar-refractivity contribution in [3.63, 3.8) is 0 Å². The third-order valence-corrected chi connectivity index (χ3v) is 13.2. The maximum Gasteiger partial charge on any atom is 0.119 e. The predicted octanol–water partition coefficient (Wildman–Crippen LogP) is 11.4. The van der Waals surface area contributed by atoms with Crippen LogP contribution < -0.4 is 23.7 Å². The normalized spacial score (nSPS) is 14.4. The highest BCUT2D eigenvalue weighted by molar-refractivity contribution is 5.44. The summed E-state index contributed by atoms with van der Waals surface area (Å²) in [5.41, 5.74) is 6.52. The Labute approximate surface area is 470 Å². The molecule has 0 spiro atoms. The van der Waals surface area contributed by atoms with Gasteiger partial charge >= 0.3 is 0 Å². The standard InChI is InChI=1S/C27H40O6.C21H28O4.C18H22O3/c1-19(28)15-30-21(3)17-32-25-11-7-23(8-12-25)27(5,6)24-9-13-26(14-10-24)33-18-22(4)31-16-20(2)29;1-15(22)13-24-19-9-5-17(6-10-19)21(3,4)18-7-11-20(12-8-18)25-14-16(2)23;1-13(19)12-21-17-10-6-15(7-11-17)18(2,3)14-4-8-16(20)9-5-14/h7-14,19-22,28-29H,15-18H2,1-6H3;5-12,15-16,22-23H,13-14H2,1-4H3;4-11,13,19-20H,12H2,1-3H3. The van der Waals surface area contributed by atoms with E-state index in [4.69, 9.17) is 33.2 Å². The molecule has 0 aliphatic rings. The van der Waals surface area contributed by atoms with Crippen molar-refractivity contribution < 1.29 is 63.8 Å². The Kier molecular flexibility index (Phi) is 26.1. The van der Waals surface area contributed by atoms with Crippen LogP contribution in [0.3, 0.4) is 0 Å². The van der Waals surface area contributed by atoms with Crippen LogP contribution in [0.2, 0.25) is 0 Å². The van der Waals surface area contributed by atoms with Gasteiger partial charge in [0, 0.05) is 16.2 Å². The molecule has 0 aliphatic carbocycles. The Morgan fingerprint density at radius 1 is 0.278 bits per heavy atom. The molecule has 0 amide bonds. The van der Waals surface area contributed by atoms with Crippen molar-refractivity contribution in [2.75, 3.05) is 46.2 Å². The number of aliphatic hydroxyl groups excluding tert-OH is 5. The second-order valence-corrected chi connectivity index (χ2v) is 22.1. The molecule has 7 unspecified atom stereocenters. The zero-order chi connectivity index (χ0) is 58.3. The monoisotopic (exact) mass is 1090 g/mol. The van der Waals surface area contributed by atoms with Crippen LogP contribution in [-0.4, -0.2) is 120 Å². The van der Waals surface area contributed by atoms with Crippen molar-refractivity contribution in [1.29, 1.82) is 0 Å². The first kappa shape index (κ1) is 65.4. The first-order valence-electron chi connectivity index (χ1n) is 27.4. The van der Waals surface area contributed by atoms with Crippen LogP contribution in [0.25, 0.3) is 0 Å². The van der Waals surface area contributed by atoms with Gasteiger partial charge in [0.1, 0.15) is 67.5 Å². The van der Waals surface area contributed by atoms with Gasteiger partial charge in [0.2, 0.25) is 0 Å². The fraction of sp³-hybridized carbons (Fsp3) is 0.455. The van der Waals surface area contributed by atoms with Crippen LogP contribution >= 0.6 is 0 Å².